The molecule has 0 radical (unpaired) electrons. The number of hydrogen-bond donors (Lipinski definition) is 5. The van der Waals surface area contributed by atoms with E-state index in [-0.39, 0.29) is 18.9 Å². The molecule has 0 spiro atoms. The lowest BCUT2D eigenvalue weighted by atomic mass is 10.2. The maximum Gasteiger partial charge on any atom is 0.305 e. The zero-order chi connectivity index (χ0) is 26.2. The van der Waals surface area contributed by atoms with Gasteiger partial charge in [0.2, 0.25) is 5.91 Å². The number of para-hydroxylation sites is 2. The average molecular weight is 497 g/mol. The summed E-state index contributed by atoms with van der Waals surface area (Å²) in [6, 6.07) is 10.9. The number of carbonyl (C=O) groups excluding carboxylic acids is 3. The molecule has 1 aliphatic heterocycles. The number of hydrogen-bond acceptors (Lipinski definition) is 8. The van der Waals surface area contributed by atoms with Gasteiger partial charge >= 0.3 is 5.97 Å². The maximum absolute atomic E-state index is 13.8. The molecule has 2 aromatic rings. The number of carboxylic acid groups (broad SMARTS) is 1. The summed E-state index contributed by atoms with van der Waals surface area (Å²) >= 11 is 0. The summed E-state index contributed by atoms with van der Waals surface area (Å²) in [6.45, 7) is 1.12. The summed E-state index contributed by atoms with van der Waals surface area (Å²) in [5.74, 6) is -2.35. The number of carbonyl (C=O) groups is 4. The average Bonchev–Trinajstić information content (AvgIpc) is 2.96. The van der Waals surface area contributed by atoms with Crippen molar-refractivity contribution in [2.45, 2.75) is 25.4 Å². The van der Waals surface area contributed by atoms with Gasteiger partial charge in [-0.3, -0.25) is 19.3 Å². The fourth-order valence-electron chi connectivity index (χ4n) is 3.94. The van der Waals surface area contributed by atoms with Crippen molar-refractivity contribution in [3.8, 4) is 5.75 Å². The number of rotatable bonds is 10. The number of phenols is 1. The van der Waals surface area contributed by atoms with Crippen molar-refractivity contribution in [1.29, 1.82) is 0 Å². The van der Waals surface area contributed by atoms with Crippen LogP contribution in [0.25, 0.3) is 0 Å². The minimum atomic E-state index is -1.25. The third-order valence-corrected chi connectivity index (χ3v) is 5.65. The van der Waals surface area contributed by atoms with Crippen LogP contribution in [0.3, 0.4) is 0 Å². The van der Waals surface area contributed by atoms with Crippen LogP contribution in [0.2, 0.25) is 0 Å². The number of aliphatic carboxylic acids is 1. The fraction of sp³-hybridized carbons (Fsp3) is 0.280. The molecule has 2 aromatic carbocycles. The van der Waals surface area contributed by atoms with Crippen LogP contribution in [-0.2, 0) is 19.2 Å². The number of benzene rings is 2. The second-order valence-corrected chi connectivity index (χ2v) is 8.11. The second kappa shape index (κ2) is 11.8. The van der Waals surface area contributed by atoms with Gasteiger partial charge in [-0.2, -0.15) is 0 Å². The molecular weight excluding hydrogens is 468 g/mol. The predicted octanol–water partition coefficient (Wildman–Crippen LogP) is 1.08. The van der Waals surface area contributed by atoms with E-state index in [1.54, 1.807) is 54.3 Å². The number of allylic oxidation sites excluding steroid dienone is 1. The summed E-state index contributed by atoms with van der Waals surface area (Å²) in [5.41, 5.74) is 2.08. The lowest BCUT2D eigenvalue weighted by Crippen LogP contribution is -2.50. The number of aliphatic hydroxyl groups excluding tert-OH is 1. The van der Waals surface area contributed by atoms with Gasteiger partial charge < -0.3 is 35.6 Å². The number of anilines is 3. The number of aliphatic hydroxyl groups is 1. The predicted molar refractivity (Wildman–Crippen MR) is 133 cm³/mol. The molecule has 0 saturated heterocycles. The molecular formula is C25H28N4O7. The van der Waals surface area contributed by atoms with E-state index in [4.69, 9.17) is 5.11 Å². The van der Waals surface area contributed by atoms with Crippen LogP contribution in [0, 0.1) is 0 Å². The smallest absolute Gasteiger partial charge is 0.305 e. The number of aldehydes is 1. The highest BCUT2D eigenvalue weighted by atomic mass is 16.4. The SMILES string of the molecule is C/C=C(/CO)N1CC(Nc2ccc(O)cc2)C(=O)N(CC(=O)NC(C=O)CC(=O)O)c2ccccc21. The summed E-state index contributed by atoms with van der Waals surface area (Å²) < 4.78 is 0. The fourth-order valence-corrected chi connectivity index (χ4v) is 3.94. The van der Waals surface area contributed by atoms with Gasteiger partial charge in [-0.05, 0) is 43.3 Å². The van der Waals surface area contributed by atoms with E-state index in [9.17, 15) is 29.4 Å². The molecule has 2 atom stereocenters. The number of nitrogens with one attached hydrogen (secondary N) is 2. The van der Waals surface area contributed by atoms with Crippen molar-refractivity contribution >= 4 is 41.1 Å². The Bertz CT molecular complexity index is 1150. The van der Waals surface area contributed by atoms with Gasteiger partial charge in [0, 0.05) is 11.4 Å². The first-order valence-electron chi connectivity index (χ1n) is 11.2. The molecule has 0 aliphatic carbocycles. The highest BCUT2D eigenvalue weighted by Crippen LogP contribution is 2.35. The van der Waals surface area contributed by atoms with Crippen LogP contribution in [0.1, 0.15) is 13.3 Å². The van der Waals surface area contributed by atoms with Crippen LogP contribution in [-0.4, -0.2) is 71.2 Å². The van der Waals surface area contributed by atoms with Gasteiger partial charge in [0.15, 0.2) is 0 Å². The van der Waals surface area contributed by atoms with E-state index in [0.29, 0.717) is 29.0 Å². The minimum absolute atomic E-state index is 0.0580. The quantitative estimate of drug-likeness (QED) is 0.240. The maximum atomic E-state index is 13.8. The molecule has 0 fully saturated rings. The Labute approximate surface area is 207 Å². The zero-order valence-electron chi connectivity index (χ0n) is 19.6. The van der Waals surface area contributed by atoms with Crippen LogP contribution in [0.15, 0.2) is 60.3 Å². The van der Waals surface area contributed by atoms with Crippen LogP contribution >= 0.6 is 0 Å². The molecule has 1 heterocycles. The van der Waals surface area contributed by atoms with Gasteiger partial charge in [0.1, 0.15) is 24.6 Å². The summed E-state index contributed by atoms with van der Waals surface area (Å²) in [6.07, 6.45) is 1.47. The van der Waals surface area contributed by atoms with Crippen molar-refractivity contribution in [3.63, 3.8) is 0 Å². The Morgan fingerprint density at radius 3 is 2.39 bits per heavy atom. The number of amides is 2. The number of carboxylic acids is 1. The van der Waals surface area contributed by atoms with Crippen molar-refractivity contribution in [1.82, 2.24) is 5.32 Å². The van der Waals surface area contributed by atoms with Crippen molar-refractivity contribution in [2.75, 3.05) is 34.8 Å². The first-order valence-corrected chi connectivity index (χ1v) is 11.2. The molecule has 1 aliphatic rings. The topological polar surface area (TPSA) is 160 Å². The molecule has 0 bridgehead atoms. The molecule has 0 saturated carbocycles. The molecule has 190 valence electrons. The summed E-state index contributed by atoms with van der Waals surface area (Å²) in [5, 5.41) is 34.0. The molecule has 11 nitrogen and oxygen atoms in total. The highest BCUT2D eigenvalue weighted by Gasteiger charge is 2.36. The van der Waals surface area contributed by atoms with Gasteiger partial charge in [0.25, 0.3) is 5.91 Å². The summed E-state index contributed by atoms with van der Waals surface area (Å²) in [4.78, 5) is 51.8. The van der Waals surface area contributed by atoms with Crippen LogP contribution in [0.5, 0.6) is 5.75 Å². The normalized spacial score (nSPS) is 16.6. The van der Waals surface area contributed by atoms with E-state index in [1.165, 1.54) is 17.0 Å². The van der Waals surface area contributed by atoms with E-state index in [1.807, 2.05) is 0 Å². The van der Waals surface area contributed by atoms with E-state index in [0.717, 1.165) is 0 Å². The third-order valence-electron chi connectivity index (χ3n) is 5.65. The molecule has 36 heavy (non-hydrogen) atoms. The second-order valence-electron chi connectivity index (χ2n) is 8.11. The third kappa shape index (κ3) is 6.19. The van der Waals surface area contributed by atoms with Gasteiger partial charge in [-0.15, -0.1) is 0 Å². The molecule has 3 rings (SSSR count). The number of fused-ring (bicyclic) bond motifs is 1. The van der Waals surface area contributed by atoms with Gasteiger partial charge in [-0.1, -0.05) is 18.2 Å². The monoisotopic (exact) mass is 496 g/mol. The largest absolute Gasteiger partial charge is 0.508 e. The minimum Gasteiger partial charge on any atom is -0.508 e. The zero-order valence-corrected chi connectivity index (χ0v) is 19.6. The lowest BCUT2D eigenvalue weighted by Gasteiger charge is -2.28. The van der Waals surface area contributed by atoms with E-state index < -0.39 is 42.8 Å². The Balaban J connectivity index is 2.00. The van der Waals surface area contributed by atoms with Crippen molar-refractivity contribution in [2.24, 2.45) is 0 Å². The molecule has 0 aromatic heterocycles. The Kier molecular flexibility index (Phi) is 8.63. The van der Waals surface area contributed by atoms with Crippen molar-refractivity contribution < 1.29 is 34.5 Å². The van der Waals surface area contributed by atoms with Gasteiger partial charge in [-0.25, -0.2) is 0 Å². The van der Waals surface area contributed by atoms with Crippen LogP contribution in [0.4, 0.5) is 17.1 Å². The van der Waals surface area contributed by atoms with E-state index in [2.05, 4.69) is 10.6 Å². The molecule has 11 heteroatoms. The molecule has 2 amide bonds. The number of phenolic OH excluding ortho intramolecular Hbond substituents is 1. The molecule has 2 unspecified atom stereocenters. The number of nitrogens with zero attached hydrogens (tertiary/aromatic N) is 2. The van der Waals surface area contributed by atoms with E-state index >= 15 is 0 Å². The Morgan fingerprint density at radius 1 is 1.14 bits per heavy atom. The summed E-state index contributed by atoms with van der Waals surface area (Å²) in [7, 11) is 0. The first kappa shape index (κ1) is 26.2. The molecule has 5 N–H and O–H groups in total. The highest BCUT2D eigenvalue weighted by molar-refractivity contribution is 6.07. The Hall–Kier alpha value is -4.38. The lowest BCUT2D eigenvalue weighted by molar-refractivity contribution is -0.138. The Morgan fingerprint density at radius 2 is 1.81 bits per heavy atom. The number of aromatic hydroxyl groups is 1. The van der Waals surface area contributed by atoms with Crippen molar-refractivity contribution in [3.05, 3.63) is 60.3 Å². The first-order chi connectivity index (χ1) is 17.3. The van der Waals surface area contributed by atoms with Crippen LogP contribution < -0.4 is 20.4 Å². The standard InChI is InChI=1S/C25H28N4O7/c1-2-18(15-31)28-12-20(26-16-7-9-19(32)10-8-16)25(36)29(22-6-4-3-5-21(22)28)13-23(33)27-17(14-30)11-24(34)35/h2-10,14,17,20,26,31-32H,11-13,15H2,1H3,(H,27,33)(H,34,35)/b18-2-. The van der Waals surface area contributed by atoms with Gasteiger partial charge in [0.05, 0.1) is 37.0 Å².